The number of hydrogen-bond donors (Lipinski definition) is 2. The molecule has 4 heterocycles. The summed E-state index contributed by atoms with van der Waals surface area (Å²) in [5, 5.41) is 5.72. The van der Waals surface area contributed by atoms with Gasteiger partial charge in [-0.2, -0.15) is 4.98 Å². The Kier molecular flexibility index (Phi) is 9.17. The Balaban J connectivity index is 1.81. The summed E-state index contributed by atoms with van der Waals surface area (Å²) in [6, 6.07) is 1.04. The number of carbonyl (C=O) groups is 5. The van der Waals surface area contributed by atoms with E-state index in [0.29, 0.717) is 0 Å². The van der Waals surface area contributed by atoms with Crippen LogP contribution in [0.2, 0.25) is 0 Å². The number of amides is 1. The van der Waals surface area contributed by atoms with E-state index >= 15 is 0 Å². The average Bonchev–Trinajstić information content (AvgIpc) is 3.37. The van der Waals surface area contributed by atoms with Crippen LogP contribution in [0.15, 0.2) is 22.1 Å². The van der Waals surface area contributed by atoms with Crippen molar-refractivity contribution in [3.8, 4) is 0 Å². The highest BCUT2D eigenvalue weighted by atomic mass is 16.7. The molecule has 1 amide bonds. The predicted molar refractivity (Wildman–Crippen MR) is 150 cm³/mol. The van der Waals surface area contributed by atoms with Gasteiger partial charge in [0.1, 0.15) is 24.3 Å². The second-order valence-electron chi connectivity index (χ2n) is 10.3. The van der Waals surface area contributed by atoms with Crippen molar-refractivity contribution in [2.45, 2.75) is 65.6 Å². The highest BCUT2D eigenvalue weighted by molar-refractivity contribution is 6.12. The van der Waals surface area contributed by atoms with E-state index in [0.717, 1.165) is 19.9 Å². The van der Waals surface area contributed by atoms with Gasteiger partial charge < -0.3 is 38.3 Å². The molecule has 1 saturated heterocycles. The van der Waals surface area contributed by atoms with E-state index in [1.54, 1.807) is 13.8 Å². The number of ether oxygens (including phenoxy) is 6. The molecule has 2 aliphatic rings. The van der Waals surface area contributed by atoms with E-state index in [1.165, 1.54) is 30.9 Å². The lowest BCUT2D eigenvalue weighted by Gasteiger charge is -2.34. The van der Waals surface area contributed by atoms with Crippen LogP contribution in [0, 0.1) is 5.92 Å². The quantitative estimate of drug-likeness (QED) is 0.234. The van der Waals surface area contributed by atoms with Gasteiger partial charge in [-0.1, -0.05) is 13.8 Å². The van der Waals surface area contributed by atoms with Gasteiger partial charge in [-0.15, -0.1) is 0 Å². The van der Waals surface area contributed by atoms with Crippen LogP contribution in [0.4, 0.5) is 22.1 Å². The first-order chi connectivity index (χ1) is 20.7. The number of esters is 4. The minimum atomic E-state index is -1.69. The maximum atomic E-state index is 12.6. The minimum absolute atomic E-state index is 0.0528. The van der Waals surface area contributed by atoms with Crippen LogP contribution in [0.5, 0.6) is 0 Å². The second-order valence-corrected chi connectivity index (χ2v) is 10.3. The molecular formula is C27H31N5O12. The van der Waals surface area contributed by atoms with Gasteiger partial charge in [-0.05, 0) is 6.92 Å². The van der Waals surface area contributed by atoms with Crippen LogP contribution in [0.3, 0.4) is 0 Å². The molecule has 0 bridgehead atoms. The molecule has 17 nitrogen and oxygen atoms in total. The first kappa shape index (κ1) is 31.9. The number of hydrogen-bond acceptors (Lipinski definition) is 15. The predicted octanol–water partition coefficient (Wildman–Crippen LogP) is 1.90. The van der Waals surface area contributed by atoms with E-state index in [2.05, 4.69) is 20.6 Å². The van der Waals surface area contributed by atoms with E-state index < -0.39 is 72.3 Å². The second kappa shape index (κ2) is 12.7. The summed E-state index contributed by atoms with van der Waals surface area (Å²) in [7, 11) is 0. The number of rotatable bonds is 9. The Morgan fingerprint density at radius 2 is 1.82 bits per heavy atom. The fraction of sp³-hybridized carbons (Fsp3) is 0.481. The summed E-state index contributed by atoms with van der Waals surface area (Å²) in [6.45, 7) is 7.20. The molecule has 1 fully saturated rings. The molecule has 0 saturated carbocycles. The third-order valence-electron chi connectivity index (χ3n) is 6.57. The summed E-state index contributed by atoms with van der Waals surface area (Å²) >= 11 is 0. The molecule has 2 aliphatic heterocycles. The van der Waals surface area contributed by atoms with Crippen molar-refractivity contribution in [2.75, 3.05) is 24.0 Å². The van der Waals surface area contributed by atoms with Gasteiger partial charge in [0.2, 0.25) is 6.79 Å². The smallest absolute Gasteiger partial charge is 0.414 e. The van der Waals surface area contributed by atoms with E-state index in [4.69, 9.17) is 28.4 Å². The Morgan fingerprint density at radius 1 is 1.09 bits per heavy atom. The normalized spacial score (nSPS) is 21.8. The van der Waals surface area contributed by atoms with Crippen LogP contribution in [-0.2, 0) is 47.6 Å². The van der Waals surface area contributed by atoms with Gasteiger partial charge >= 0.3 is 30.0 Å². The molecule has 17 heteroatoms. The number of carbonyl (C=O) groups excluding carboxylic acids is 5. The van der Waals surface area contributed by atoms with E-state index in [1.807, 2.05) is 0 Å². The summed E-state index contributed by atoms with van der Waals surface area (Å²) < 4.78 is 33.8. The lowest BCUT2D eigenvalue weighted by Crippen LogP contribution is -2.50. The van der Waals surface area contributed by atoms with E-state index in [-0.39, 0.29) is 34.7 Å². The van der Waals surface area contributed by atoms with Crippen molar-refractivity contribution < 1.29 is 52.4 Å². The van der Waals surface area contributed by atoms with Crippen LogP contribution in [0.1, 0.15) is 47.8 Å². The summed E-state index contributed by atoms with van der Waals surface area (Å²) in [4.78, 5) is 81.3. The average molecular weight is 618 g/mol. The first-order valence-corrected chi connectivity index (χ1v) is 13.4. The molecule has 2 aromatic heterocycles. The highest BCUT2D eigenvalue weighted by Crippen LogP contribution is 2.48. The van der Waals surface area contributed by atoms with Crippen molar-refractivity contribution in [3.63, 3.8) is 0 Å². The minimum Gasteiger partial charge on any atom is -0.463 e. The zero-order chi connectivity index (χ0) is 32.3. The van der Waals surface area contributed by atoms with E-state index in [9.17, 15) is 28.8 Å². The molecule has 0 aliphatic carbocycles. The summed E-state index contributed by atoms with van der Waals surface area (Å²) in [6.07, 6.45) is -1.88. The fourth-order valence-electron chi connectivity index (χ4n) is 4.82. The van der Waals surface area contributed by atoms with Gasteiger partial charge in [0.05, 0.1) is 23.3 Å². The Labute approximate surface area is 249 Å². The molecule has 0 aromatic carbocycles. The zero-order valence-corrected chi connectivity index (χ0v) is 24.7. The Bertz CT molecular complexity index is 1600. The molecule has 4 unspecified atom stereocenters. The summed E-state index contributed by atoms with van der Waals surface area (Å²) in [5.41, 5.74) is -2.47. The fourth-order valence-corrected chi connectivity index (χ4v) is 4.82. The Hall–Kier alpha value is -5.06. The SMILES string of the molecule is CC(=O)OCC1OC(n2cc3c(NC(=O)OCOC(=O)C(C)C)cc(=O)nc4c3c2N=CN4)C(C)(OC(C)=O)C1OC(C)=O. The number of aromatic nitrogens is 2. The van der Waals surface area contributed by atoms with Crippen molar-refractivity contribution in [3.05, 3.63) is 22.6 Å². The van der Waals surface area contributed by atoms with Gasteiger partial charge in [-0.25, -0.2) is 9.79 Å². The summed E-state index contributed by atoms with van der Waals surface area (Å²) in [5.74, 6) is -2.83. The van der Waals surface area contributed by atoms with Gasteiger partial charge in [0, 0.05) is 38.4 Å². The molecule has 2 aromatic rings. The Morgan fingerprint density at radius 3 is 2.45 bits per heavy atom. The molecule has 2 N–H and O–H groups in total. The maximum Gasteiger partial charge on any atom is 0.414 e. The molecular weight excluding hydrogens is 586 g/mol. The molecule has 44 heavy (non-hydrogen) atoms. The monoisotopic (exact) mass is 617 g/mol. The number of nitrogens with zero attached hydrogens (tertiary/aromatic N) is 3. The third kappa shape index (κ3) is 6.61. The topological polar surface area (TPSA) is 212 Å². The molecule has 0 spiro atoms. The molecule has 4 rings (SSSR count). The van der Waals surface area contributed by atoms with Gasteiger partial charge in [-0.3, -0.25) is 29.3 Å². The van der Waals surface area contributed by atoms with Crippen LogP contribution >= 0.6 is 0 Å². The molecule has 0 radical (unpaired) electrons. The van der Waals surface area contributed by atoms with Gasteiger partial charge in [0.25, 0.3) is 5.56 Å². The molecule has 4 atom stereocenters. The van der Waals surface area contributed by atoms with Crippen molar-refractivity contribution >= 4 is 64.4 Å². The number of nitrogens with one attached hydrogen (secondary N) is 2. The van der Waals surface area contributed by atoms with Crippen molar-refractivity contribution in [1.82, 2.24) is 9.55 Å². The van der Waals surface area contributed by atoms with Crippen LogP contribution in [0.25, 0.3) is 10.8 Å². The van der Waals surface area contributed by atoms with Crippen LogP contribution < -0.4 is 16.2 Å². The maximum absolute atomic E-state index is 12.6. The first-order valence-electron chi connectivity index (χ1n) is 13.4. The van der Waals surface area contributed by atoms with Gasteiger partial charge in [0.15, 0.2) is 17.9 Å². The lowest BCUT2D eigenvalue weighted by molar-refractivity contribution is -0.184. The van der Waals surface area contributed by atoms with Crippen LogP contribution in [-0.4, -0.2) is 77.1 Å². The van der Waals surface area contributed by atoms with Crippen molar-refractivity contribution in [2.24, 2.45) is 10.9 Å². The standard InChI is InChI=1S/C27H31N5O12/c1-12(2)24(37)40-11-41-26(38)30-17-7-19(36)31-22-20-16(17)8-32(23(20)29-10-28-22)25-27(6,44-15(5)35)21(42-14(4)34)18(43-25)9-39-13(3)33/h7-8,10,12,18,21,25H,9,11H2,1-6H3,(H,30,38)(H,28,29,31,36). The molecule has 236 valence electrons. The number of anilines is 2. The largest absolute Gasteiger partial charge is 0.463 e. The number of aliphatic imine (C=N–C) groups is 1. The highest BCUT2D eigenvalue weighted by Gasteiger charge is 2.60. The third-order valence-corrected chi connectivity index (χ3v) is 6.57. The lowest BCUT2D eigenvalue weighted by atomic mass is 9.95. The zero-order valence-electron chi connectivity index (χ0n) is 24.7. The van der Waals surface area contributed by atoms with Crippen molar-refractivity contribution in [1.29, 1.82) is 0 Å².